The maximum absolute atomic E-state index is 13.0. The third-order valence-electron chi connectivity index (χ3n) is 5.28. The van der Waals surface area contributed by atoms with Crippen molar-refractivity contribution in [3.05, 3.63) is 59.9 Å². The van der Waals surface area contributed by atoms with Crippen molar-refractivity contribution >= 4 is 35.0 Å². The Labute approximate surface area is 189 Å². The number of nitrogens with zero attached hydrogens (tertiary/aromatic N) is 4. The summed E-state index contributed by atoms with van der Waals surface area (Å²) < 4.78 is 44.2. The fourth-order valence-electron chi connectivity index (χ4n) is 3.72. The van der Waals surface area contributed by atoms with Crippen molar-refractivity contribution in [2.24, 2.45) is 0 Å². The molecule has 0 bridgehead atoms. The summed E-state index contributed by atoms with van der Waals surface area (Å²) >= 11 is 0. The van der Waals surface area contributed by atoms with Gasteiger partial charge in [0, 0.05) is 43.3 Å². The van der Waals surface area contributed by atoms with Gasteiger partial charge in [0.1, 0.15) is 17.3 Å². The molecule has 170 valence electrons. The van der Waals surface area contributed by atoms with Crippen LogP contribution < -0.4 is 9.64 Å². The number of alkyl halides is 3. The molecule has 1 fully saturated rings. The van der Waals surface area contributed by atoms with E-state index in [9.17, 15) is 18.0 Å². The fraction of sp³-hybridized carbons (Fsp3) is 0.318. The predicted molar refractivity (Wildman–Crippen MR) is 118 cm³/mol. The molecular formula is C22H22ClF3N4O2. The first kappa shape index (κ1) is 23.6. The second-order valence-corrected chi connectivity index (χ2v) is 7.26. The largest absolute Gasteiger partial charge is 0.497 e. The van der Waals surface area contributed by atoms with E-state index >= 15 is 0 Å². The summed E-state index contributed by atoms with van der Waals surface area (Å²) in [5, 5.41) is 0.558. The Hall–Kier alpha value is -3.07. The summed E-state index contributed by atoms with van der Waals surface area (Å²) in [5.41, 5.74) is -0.128. The van der Waals surface area contributed by atoms with Crippen molar-refractivity contribution in [2.45, 2.75) is 12.6 Å². The molecule has 0 aliphatic carbocycles. The number of carbonyl (C=O) groups excluding carboxylic acids is 1. The minimum Gasteiger partial charge on any atom is -0.497 e. The van der Waals surface area contributed by atoms with Crippen LogP contribution in [0.3, 0.4) is 0 Å². The lowest BCUT2D eigenvalue weighted by molar-refractivity contribution is -0.140. The van der Waals surface area contributed by atoms with Crippen LogP contribution in [-0.2, 0) is 6.18 Å². The highest BCUT2D eigenvalue weighted by Gasteiger charge is 2.32. The van der Waals surface area contributed by atoms with Gasteiger partial charge in [-0.25, -0.2) is 9.97 Å². The highest BCUT2D eigenvalue weighted by molar-refractivity contribution is 5.95. The number of fused-ring (bicyclic) bond motifs is 1. The smallest absolute Gasteiger partial charge is 0.433 e. The Morgan fingerprint density at radius 1 is 1.06 bits per heavy atom. The van der Waals surface area contributed by atoms with Crippen molar-refractivity contribution < 1.29 is 22.7 Å². The molecule has 6 nitrogen and oxygen atoms in total. The number of aromatic nitrogens is 2. The molecule has 0 spiro atoms. The molecule has 1 saturated heterocycles. The van der Waals surface area contributed by atoms with Gasteiger partial charge < -0.3 is 14.5 Å². The maximum Gasteiger partial charge on any atom is 0.433 e. The number of methoxy groups -OCH3 is 1. The van der Waals surface area contributed by atoms with Gasteiger partial charge in [0.25, 0.3) is 5.91 Å². The predicted octanol–water partition coefficient (Wildman–Crippen LogP) is 4.43. The van der Waals surface area contributed by atoms with Crippen molar-refractivity contribution in [3.8, 4) is 5.75 Å². The molecular weight excluding hydrogens is 445 g/mol. The first-order valence-electron chi connectivity index (χ1n) is 9.88. The van der Waals surface area contributed by atoms with Gasteiger partial charge in [0.05, 0.1) is 12.6 Å². The van der Waals surface area contributed by atoms with E-state index in [0.717, 1.165) is 6.07 Å². The Bertz CT molecular complexity index is 1110. The van der Waals surface area contributed by atoms with Gasteiger partial charge in [-0.2, -0.15) is 13.2 Å². The number of hydrogen-bond donors (Lipinski definition) is 0. The third kappa shape index (κ3) is 4.88. The molecule has 3 aromatic rings. The molecule has 0 saturated carbocycles. The molecule has 1 aliphatic rings. The van der Waals surface area contributed by atoms with E-state index in [1.165, 1.54) is 18.3 Å². The lowest BCUT2D eigenvalue weighted by Crippen LogP contribution is -2.35. The minimum atomic E-state index is -4.50. The Kier molecular flexibility index (Phi) is 7.08. The molecule has 0 N–H and O–H groups in total. The summed E-state index contributed by atoms with van der Waals surface area (Å²) in [6.07, 6.45) is -2.32. The lowest BCUT2D eigenvalue weighted by atomic mass is 10.2. The zero-order chi connectivity index (χ0) is 22.0. The molecule has 0 atom stereocenters. The number of hydrogen-bond acceptors (Lipinski definition) is 5. The van der Waals surface area contributed by atoms with Crippen LogP contribution in [0.1, 0.15) is 22.5 Å². The quantitative estimate of drug-likeness (QED) is 0.571. The standard InChI is InChI=1S/C22H21F3N4O2.ClH/c1-31-16-5-2-4-15(14-16)21(30)29-11-3-10-28(12-13-29)20-17-6-7-19(22(23,24)25)27-18(17)8-9-26-20;/h2,4-9,14H,3,10-13H2,1H3;1H. The molecule has 4 rings (SSSR count). The van der Waals surface area contributed by atoms with E-state index in [0.29, 0.717) is 55.1 Å². The third-order valence-corrected chi connectivity index (χ3v) is 5.28. The lowest BCUT2D eigenvalue weighted by Gasteiger charge is -2.24. The SMILES string of the molecule is COc1cccc(C(=O)N2CCCN(c3nccc4nc(C(F)(F)F)ccc34)CC2)c1.Cl. The highest BCUT2D eigenvalue weighted by atomic mass is 35.5. The highest BCUT2D eigenvalue weighted by Crippen LogP contribution is 2.31. The molecule has 3 heterocycles. The molecule has 1 aromatic carbocycles. The van der Waals surface area contributed by atoms with E-state index in [1.54, 1.807) is 36.3 Å². The number of anilines is 1. The van der Waals surface area contributed by atoms with Crippen LogP contribution in [0.4, 0.5) is 19.0 Å². The number of pyridine rings is 2. The van der Waals surface area contributed by atoms with Crippen LogP contribution in [0.5, 0.6) is 5.75 Å². The summed E-state index contributed by atoms with van der Waals surface area (Å²) in [6, 6.07) is 10.9. The topological polar surface area (TPSA) is 58.6 Å². The first-order chi connectivity index (χ1) is 14.9. The second kappa shape index (κ2) is 9.60. The molecule has 2 aromatic heterocycles. The monoisotopic (exact) mass is 466 g/mol. The van der Waals surface area contributed by atoms with E-state index in [1.807, 2.05) is 4.90 Å². The van der Waals surface area contributed by atoms with Crippen LogP contribution in [-0.4, -0.2) is 54.1 Å². The molecule has 0 radical (unpaired) electrons. The van der Waals surface area contributed by atoms with Gasteiger partial charge in [0.2, 0.25) is 0 Å². The van der Waals surface area contributed by atoms with Crippen LogP contribution in [0, 0.1) is 0 Å². The zero-order valence-electron chi connectivity index (χ0n) is 17.3. The number of halogens is 4. The first-order valence-corrected chi connectivity index (χ1v) is 9.88. The number of amides is 1. The zero-order valence-corrected chi connectivity index (χ0v) is 18.1. The molecule has 0 unspecified atom stereocenters. The molecule has 10 heteroatoms. The van der Waals surface area contributed by atoms with E-state index < -0.39 is 11.9 Å². The van der Waals surface area contributed by atoms with E-state index in [2.05, 4.69) is 9.97 Å². The van der Waals surface area contributed by atoms with Crippen molar-refractivity contribution in [2.75, 3.05) is 38.2 Å². The van der Waals surface area contributed by atoms with Crippen molar-refractivity contribution in [1.29, 1.82) is 0 Å². The molecule has 1 amide bonds. The number of rotatable bonds is 3. The van der Waals surface area contributed by atoms with E-state index in [-0.39, 0.29) is 23.8 Å². The maximum atomic E-state index is 13.0. The van der Waals surface area contributed by atoms with Crippen LogP contribution >= 0.6 is 12.4 Å². The van der Waals surface area contributed by atoms with Gasteiger partial charge in [-0.05, 0) is 42.8 Å². The average molecular weight is 467 g/mol. The van der Waals surface area contributed by atoms with Gasteiger partial charge in [-0.15, -0.1) is 12.4 Å². The van der Waals surface area contributed by atoms with Gasteiger partial charge >= 0.3 is 6.18 Å². The fourth-order valence-corrected chi connectivity index (χ4v) is 3.72. The average Bonchev–Trinajstić information content (AvgIpc) is 3.03. The Balaban J connectivity index is 0.00000289. The van der Waals surface area contributed by atoms with Crippen molar-refractivity contribution in [3.63, 3.8) is 0 Å². The second-order valence-electron chi connectivity index (χ2n) is 7.26. The summed E-state index contributed by atoms with van der Waals surface area (Å²) in [5.74, 6) is 1.12. The van der Waals surface area contributed by atoms with Crippen LogP contribution in [0.2, 0.25) is 0 Å². The number of ether oxygens (including phenoxy) is 1. The van der Waals surface area contributed by atoms with Crippen molar-refractivity contribution in [1.82, 2.24) is 14.9 Å². The van der Waals surface area contributed by atoms with E-state index in [4.69, 9.17) is 4.74 Å². The number of carbonyl (C=O) groups is 1. The Morgan fingerprint density at radius 2 is 1.88 bits per heavy atom. The molecule has 32 heavy (non-hydrogen) atoms. The molecule has 1 aliphatic heterocycles. The van der Waals surface area contributed by atoms with Gasteiger partial charge in [-0.3, -0.25) is 4.79 Å². The normalized spacial score (nSPS) is 14.6. The summed E-state index contributed by atoms with van der Waals surface area (Å²) in [4.78, 5) is 24.9. The minimum absolute atomic E-state index is 0. The van der Waals surface area contributed by atoms with Crippen LogP contribution in [0.15, 0.2) is 48.7 Å². The van der Waals surface area contributed by atoms with Crippen LogP contribution in [0.25, 0.3) is 10.9 Å². The Morgan fingerprint density at radius 3 is 2.62 bits per heavy atom. The van der Waals surface area contributed by atoms with Gasteiger partial charge in [0.15, 0.2) is 0 Å². The summed E-state index contributed by atoms with van der Waals surface area (Å²) in [7, 11) is 1.55. The summed E-state index contributed by atoms with van der Waals surface area (Å²) in [6.45, 7) is 2.20. The van der Waals surface area contributed by atoms with Gasteiger partial charge in [-0.1, -0.05) is 6.07 Å². The number of benzene rings is 1.